The van der Waals surface area contributed by atoms with E-state index in [0.717, 1.165) is 0 Å². The van der Waals surface area contributed by atoms with Crippen LogP contribution < -0.4 is 14.8 Å². The van der Waals surface area contributed by atoms with Crippen LogP contribution in [-0.4, -0.2) is 60.9 Å². The van der Waals surface area contributed by atoms with E-state index >= 15 is 0 Å². The van der Waals surface area contributed by atoms with Gasteiger partial charge in [0.25, 0.3) is 5.91 Å². The fourth-order valence-corrected chi connectivity index (χ4v) is 5.02. The van der Waals surface area contributed by atoms with Crippen LogP contribution in [-0.2, 0) is 25.5 Å². The maximum absolute atomic E-state index is 14.3. The van der Waals surface area contributed by atoms with Gasteiger partial charge in [0.1, 0.15) is 22.9 Å². The van der Waals surface area contributed by atoms with Crippen LogP contribution in [0.15, 0.2) is 77.8 Å². The van der Waals surface area contributed by atoms with E-state index in [0.29, 0.717) is 41.2 Å². The molecule has 1 amide bonds. The standard InChI is InChI=1S/C35H41FN2O7/c1-34(2,3)45-30(40)17-19-35(33(41)37-20-18-24-9-5-6-12-29(24)36)31(26-10-7-11-28(23-26)42-4)44-32(38-35)25-13-15-27(16-14-25)43-22-8-21-39/h5-7,9-16,23,31,39H,8,17-22H2,1-4H3,(H,37,41)/t31-,35-/m1/s1. The molecule has 3 aromatic rings. The number of nitrogens with zero attached hydrogens (tertiary/aromatic N) is 1. The fourth-order valence-electron chi connectivity index (χ4n) is 5.02. The van der Waals surface area contributed by atoms with Crippen molar-refractivity contribution in [3.05, 3.63) is 95.3 Å². The van der Waals surface area contributed by atoms with Gasteiger partial charge in [-0.3, -0.25) is 9.59 Å². The molecule has 4 rings (SSSR count). The summed E-state index contributed by atoms with van der Waals surface area (Å²) >= 11 is 0. The summed E-state index contributed by atoms with van der Waals surface area (Å²) < 4.78 is 37.5. The Kier molecular flexibility index (Phi) is 11.2. The SMILES string of the molecule is COc1cccc([C@H]2OC(c3ccc(OCCCO)cc3)=N[C@@]2(CCC(=O)OC(C)(C)C)C(=O)NCCc2ccccc2F)c1. The molecule has 1 aliphatic rings. The number of aliphatic hydroxyl groups is 1. The number of aliphatic imine (C=N–C) groups is 1. The van der Waals surface area contributed by atoms with Crippen LogP contribution in [0.3, 0.4) is 0 Å². The van der Waals surface area contributed by atoms with Crippen molar-refractivity contribution in [1.29, 1.82) is 0 Å². The highest BCUT2D eigenvalue weighted by Crippen LogP contribution is 2.44. The molecule has 10 heteroatoms. The minimum Gasteiger partial charge on any atom is -0.497 e. The molecule has 0 aromatic heterocycles. The van der Waals surface area contributed by atoms with Gasteiger partial charge in [-0.15, -0.1) is 0 Å². The zero-order valence-corrected chi connectivity index (χ0v) is 26.2. The molecule has 0 spiro atoms. The summed E-state index contributed by atoms with van der Waals surface area (Å²) in [6.07, 6.45) is -0.262. The Hall–Kier alpha value is -4.44. The minimum absolute atomic E-state index is 0.0127. The van der Waals surface area contributed by atoms with Crippen LogP contribution in [0.2, 0.25) is 0 Å². The molecule has 0 saturated carbocycles. The van der Waals surface area contributed by atoms with Crippen molar-refractivity contribution in [3.63, 3.8) is 0 Å². The number of methoxy groups -OCH3 is 1. The zero-order valence-electron chi connectivity index (χ0n) is 26.2. The molecule has 45 heavy (non-hydrogen) atoms. The van der Waals surface area contributed by atoms with Gasteiger partial charge in [0.2, 0.25) is 5.90 Å². The Bertz CT molecular complexity index is 1490. The number of nitrogens with one attached hydrogen (secondary N) is 1. The number of benzene rings is 3. The minimum atomic E-state index is -1.57. The Morgan fingerprint density at radius 2 is 1.80 bits per heavy atom. The Morgan fingerprint density at radius 1 is 1.04 bits per heavy atom. The van der Waals surface area contributed by atoms with E-state index in [1.807, 2.05) is 6.07 Å². The first kappa shape index (κ1) is 33.5. The third kappa shape index (κ3) is 8.82. The smallest absolute Gasteiger partial charge is 0.306 e. The van der Waals surface area contributed by atoms with Crippen LogP contribution in [0, 0.1) is 5.82 Å². The molecular formula is C35H41FN2O7. The summed E-state index contributed by atoms with van der Waals surface area (Å²) in [7, 11) is 1.55. The molecule has 0 unspecified atom stereocenters. The molecule has 0 aliphatic carbocycles. The van der Waals surface area contributed by atoms with E-state index in [-0.39, 0.29) is 44.1 Å². The maximum atomic E-state index is 14.3. The van der Waals surface area contributed by atoms with Crippen molar-refractivity contribution in [2.75, 3.05) is 26.9 Å². The van der Waals surface area contributed by atoms with Crippen molar-refractivity contribution in [3.8, 4) is 11.5 Å². The normalized spacial score (nSPS) is 17.6. The number of carbonyl (C=O) groups excluding carboxylic acids is 2. The van der Waals surface area contributed by atoms with Gasteiger partial charge in [-0.2, -0.15) is 0 Å². The van der Waals surface area contributed by atoms with Crippen LogP contribution in [0.1, 0.15) is 62.8 Å². The summed E-state index contributed by atoms with van der Waals surface area (Å²) in [5, 5.41) is 12.0. The number of rotatable bonds is 14. The van der Waals surface area contributed by atoms with Gasteiger partial charge in [0.15, 0.2) is 11.6 Å². The summed E-state index contributed by atoms with van der Waals surface area (Å²) in [5.41, 5.74) is -0.566. The fraction of sp³-hybridized carbons (Fsp3) is 0.400. The number of esters is 1. The van der Waals surface area contributed by atoms with Gasteiger partial charge in [-0.1, -0.05) is 30.3 Å². The summed E-state index contributed by atoms with van der Waals surface area (Å²) in [5.74, 6) is 0.104. The summed E-state index contributed by atoms with van der Waals surface area (Å²) in [6, 6.07) is 20.6. The lowest BCUT2D eigenvalue weighted by Gasteiger charge is -2.31. The lowest BCUT2D eigenvalue weighted by atomic mass is 9.83. The average molecular weight is 621 g/mol. The molecule has 0 saturated heterocycles. The summed E-state index contributed by atoms with van der Waals surface area (Å²) in [4.78, 5) is 32.1. The third-order valence-corrected chi connectivity index (χ3v) is 7.19. The quantitative estimate of drug-likeness (QED) is 0.185. The Balaban J connectivity index is 1.70. The van der Waals surface area contributed by atoms with Crippen LogP contribution in [0.5, 0.6) is 11.5 Å². The number of aliphatic hydroxyl groups excluding tert-OH is 1. The van der Waals surface area contributed by atoms with E-state index in [9.17, 15) is 14.0 Å². The van der Waals surface area contributed by atoms with Crippen LogP contribution >= 0.6 is 0 Å². The highest BCUT2D eigenvalue weighted by atomic mass is 19.1. The molecule has 1 aliphatic heterocycles. The van der Waals surface area contributed by atoms with Gasteiger partial charge in [-0.05, 0) is 87.2 Å². The van der Waals surface area contributed by atoms with Gasteiger partial charge >= 0.3 is 5.97 Å². The van der Waals surface area contributed by atoms with Crippen molar-refractivity contribution in [1.82, 2.24) is 5.32 Å². The third-order valence-electron chi connectivity index (χ3n) is 7.19. The first-order valence-electron chi connectivity index (χ1n) is 15.0. The number of halogens is 1. The van der Waals surface area contributed by atoms with Crippen molar-refractivity contribution in [2.45, 2.75) is 63.7 Å². The van der Waals surface area contributed by atoms with Crippen molar-refractivity contribution >= 4 is 17.8 Å². The predicted molar refractivity (Wildman–Crippen MR) is 168 cm³/mol. The molecule has 0 radical (unpaired) electrons. The topological polar surface area (TPSA) is 116 Å². The Labute approximate surface area is 263 Å². The van der Waals surface area contributed by atoms with E-state index in [2.05, 4.69) is 5.32 Å². The monoisotopic (exact) mass is 620 g/mol. The Morgan fingerprint density at radius 3 is 2.49 bits per heavy atom. The van der Waals surface area contributed by atoms with E-state index in [1.165, 1.54) is 6.07 Å². The van der Waals surface area contributed by atoms with Crippen LogP contribution in [0.25, 0.3) is 0 Å². The molecule has 3 aromatic carbocycles. The molecule has 9 nitrogen and oxygen atoms in total. The van der Waals surface area contributed by atoms with E-state index < -0.39 is 29.1 Å². The molecule has 2 N–H and O–H groups in total. The number of hydrogen-bond acceptors (Lipinski definition) is 8. The molecule has 0 fully saturated rings. The second-order valence-electron chi connectivity index (χ2n) is 11.7. The maximum Gasteiger partial charge on any atom is 0.306 e. The second-order valence-corrected chi connectivity index (χ2v) is 11.7. The molecule has 1 heterocycles. The largest absolute Gasteiger partial charge is 0.497 e. The molecular weight excluding hydrogens is 579 g/mol. The zero-order chi connectivity index (χ0) is 32.5. The van der Waals surface area contributed by atoms with Crippen molar-refractivity contribution in [2.24, 2.45) is 4.99 Å². The second kappa shape index (κ2) is 15.0. The lowest BCUT2D eigenvalue weighted by molar-refractivity contribution is -0.155. The molecule has 0 bridgehead atoms. The summed E-state index contributed by atoms with van der Waals surface area (Å²) in [6.45, 7) is 5.88. The predicted octanol–water partition coefficient (Wildman–Crippen LogP) is 5.33. The van der Waals surface area contributed by atoms with Crippen LogP contribution in [0.4, 0.5) is 4.39 Å². The number of carbonyl (C=O) groups is 2. The number of amides is 1. The van der Waals surface area contributed by atoms with E-state index in [1.54, 1.807) is 88.5 Å². The molecule has 2 atom stereocenters. The first-order chi connectivity index (χ1) is 21.5. The molecule has 240 valence electrons. The number of ether oxygens (including phenoxy) is 4. The van der Waals surface area contributed by atoms with Gasteiger partial charge in [-0.25, -0.2) is 9.38 Å². The van der Waals surface area contributed by atoms with E-state index in [4.69, 9.17) is 29.0 Å². The number of hydrogen-bond donors (Lipinski definition) is 2. The first-order valence-corrected chi connectivity index (χ1v) is 15.0. The lowest BCUT2D eigenvalue weighted by Crippen LogP contribution is -2.49. The van der Waals surface area contributed by atoms with Gasteiger partial charge < -0.3 is 29.4 Å². The van der Waals surface area contributed by atoms with Gasteiger partial charge in [0.05, 0.1) is 13.7 Å². The van der Waals surface area contributed by atoms with Crippen molar-refractivity contribution < 1.29 is 38.0 Å². The highest BCUT2D eigenvalue weighted by molar-refractivity contribution is 6.01. The average Bonchev–Trinajstić information content (AvgIpc) is 3.42. The highest BCUT2D eigenvalue weighted by Gasteiger charge is 2.53. The van der Waals surface area contributed by atoms with Gasteiger partial charge in [0, 0.05) is 31.6 Å².